The number of benzene rings is 1. The first-order valence-corrected chi connectivity index (χ1v) is 9.14. The molecule has 0 aromatic heterocycles. The van der Waals surface area contributed by atoms with Crippen LogP contribution in [-0.2, 0) is 11.3 Å². The maximum absolute atomic E-state index is 11.7. The van der Waals surface area contributed by atoms with Gasteiger partial charge in [0.2, 0.25) is 0 Å². The van der Waals surface area contributed by atoms with Crippen LogP contribution in [0.15, 0.2) is 24.3 Å². The van der Waals surface area contributed by atoms with Gasteiger partial charge >= 0.3 is 5.97 Å². The lowest BCUT2D eigenvalue weighted by molar-refractivity contribution is -0.164. The van der Waals surface area contributed by atoms with E-state index >= 15 is 0 Å². The number of aliphatic hydroxyl groups excluding tert-OH is 1. The number of aliphatic carboxylic acids is 1. The van der Waals surface area contributed by atoms with E-state index < -0.39 is 23.1 Å². The van der Waals surface area contributed by atoms with Gasteiger partial charge in [-0.25, -0.2) is 0 Å². The Labute approximate surface area is 155 Å². The standard InChI is InChI=1S/C21H29NO4/c1-4-10-21(19(24)25)12-13-22(15-18(21)23)14-17-7-5-16(6-8-17)9-11-20(2,3)26/h5-8,18,23,26H,4,10,12-15H2,1-3H3,(H,24,25)/t18-,21-/m0/s1. The molecule has 3 N–H and O–H groups in total. The molecule has 1 fully saturated rings. The molecule has 1 heterocycles. The average Bonchev–Trinajstić information content (AvgIpc) is 2.56. The van der Waals surface area contributed by atoms with Gasteiger partial charge in [-0.1, -0.05) is 37.3 Å². The van der Waals surface area contributed by atoms with Crippen molar-refractivity contribution >= 4 is 5.97 Å². The van der Waals surface area contributed by atoms with Gasteiger partial charge in [0.05, 0.1) is 11.5 Å². The first kappa shape index (κ1) is 20.4. The van der Waals surface area contributed by atoms with Crippen LogP contribution in [-0.4, -0.2) is 51.0 Å². The minimum atomic E-state index is -1.02. The van der Waals surface area contributed by atoms with Crippen LogP contribution in [0.5, 0.6) is 0 Å². The van der Waals surface area contributed by atoms with Crippen molar-refractivity contribution in [3.05, 3.63) is 35.4 Å². The number of aliphatic hydroxyl groups is 2. The second-order valence-corrected chi connectivity index (χ2v) is 7.72. The molecule has 0 radical (unpaired) electrons. The Kier molecular flexibility index (Phi) is 6.46. The van der Waals surface area contributed by atoms with E-state index in [2.05, 4.69) is 16.7 Å². The summed E-state index contributed by atoms with van der Waals surface area (Å²) in [5.41, 5.74) is -0.105. The van der Waals surface area contributed by atoms with Crippen molar-refractivity contribution in [1.82, 2.24) is 4.90 Å². The van der Waals surface area contributed by atoms with Gasteiger partial charge in [0.25, 0.3) is 0 Å². The van der Waals surface area contributed by atoms with Crippen LogP contribution in [0.2, 0.25) is 0 Å². The fourth-order valence-electron chi connectivity index (χ4n) is 3.45. The Hall–Kier alpha value is -1.87. The van der Waals surface area contributed by atoms with Crippen molar-refractivity contribution in [2.45, 2.75) is 58.3 Å². The summed E-state index contributed by atoms with van der Waals surface area (Å²) in [6.45, 7) is 6.93. The maximum atomic E-state index is 11.7. The molecule has 1 aromatic rings. The molecule has 26 heavy (non-hydrogen) atoms. The molecule has 0 spiro atoms. The fraction of sp³-hybridized carbons (Fsp3) is 0.571. The van der Waals surface area contributed by atoms with Gasteiger partial charge < -0.3 is 15.3 Å². The highest BCUT2D eigenvalue weighted by molar-refractivity contribution is 5.75. The van der Waals surface area contributed by atoms with Crippen molar-refractivity contribution in [3.63, 3.8) is 0 Å². The summed E-state index contributed by atoms with van der Waals surface area (Å²) in [6, 6.07) is 7.78. The normalized spacial score (nSPS) is 24.0. The Morgan fingerprint density at radius 3 is 2.50 bits per heavy atom. The number of hydrogen-bond acceptors (Lipinski definition) is 4. The first-order valence-electron chi connectivity index (χ1n) is 9.14. The molecule has 142 valence electrons. The number of carboxylic acid groups (broad SMARTS) is 1. The average molecular weight is 359 g/mol. The van der Waals surface area contributed by atoms with Crippen LogP contribution in [0.25, 0.3) is 0 Å². The van der Waals surface area contributed by atoms with E-state index in [-0.39, 0.29) is 0 Å². The van der Waals surface area contributed by atoms with Crippen LogP contribution in [0.3, 0.4) is 0 Å². The van der Waals surface area contributed by atoms with Crippen LogP contribution in [0.4, 0.5) is 0 Å². The highest BCUT2D eigenvalue weighted by Gasteiger charge is 2.47. The number of β-amino-alcohol motifs (C(OH)–C–C–N with tert-alkyl or cyclic N) is 1. The van der Waals surface area contributed by atoms with Crippen molar-refractivity contribution in [1.29, 1.82) is 0 Å². The Bertz CT molecular complexity index is 681. The zero-order valence-corrected chi connectivity index (χ0v) is 15.8. The molecular formula is C21H29NO4. The van der Waals surface area contributed by atoms with Gasteiger partial charge in [-0.15, -0.1) is 0 Å². The summed E-state index contributed by atoms with van der Waals surface area (Å²) in [4.78, 5) is 13.8. The third-order valence-electron chi connectivity index (χ3n) is 4.94. The number of hydrogen-bond donors (Lipinski definition) is 3. The number of nitrogens with zero attached hydrogens (tertiary/aromatic N) is 1. The topological polar surface area (TPSA) is 81.0 Å². The third kappa shape index (κ3) is 5.07. The molecule has 1 aliphatic rings. The van der Waals surface area contributed by atoms with Gasteiger partial charge in [0.1, 0.15) is 5.60 Å². The van der Waals surface area contributed by atoms with Crippen molar-refractivity contribution < 1.29 is 20.1 Å². The Morgan fingerprint density at radius 2 is 2.00 bits per heavy atom. The van der Waals surface area contributed by atoms with E-state index in [0.717, 1.165) is 17.5 Å². The smallest absolute Gasteiger partial charge is 0.312 e. The lowest BCUT2D eigenvalue weighted by Gasteiger charge is -2.42. The first-order chi connectivity index (χ1) is 12.2. The van der Waals surface area contributed by atoms with Gasteiger partial charge in [-0.05, 0) is 50.9 Å². The molecule has 0 bridgehead atoms. The number of carbonyl (C=O) groups is 1. The molecule has 0 unspecified atom stereocenters. The highest BCUT2D eigenvalue weighted by Crippen LogP contribution is 2.37. The zero-order chi connectivity index (χ0) is 19.4. The maximum Gasteiger partial charge on any atom is 0.312 e. The molecule has 0 saturated carbocycles. The lowest BCUT2D eigenvalue weighted by Crippen LogP contribution is -2.54. The van der Waals surface area contributed by atoms with E-state index in [1.807, 2.05) is 31.2 Å². The summed E-state index contributed by atoms with van der Waals surface area (Å²) in [5.74, 6) is 4.84. The van der Waals surface area contributed by atoms with E-state index in [1.165, 1.54) is 0 Å². The highest BCUT2D eigenvalue weighted by atomic mass is 16.4. The molecule has 5 nitrogen and oxygen atoms in total. The van der Waals surface area contributed by atoms with Gasteiger partial charge in [-0.2, -0.15) is 0 Å². The van der Waals surface area contributed by atoms with Crippen LogP contribution < -0.4 is 0 Å². The predicted molar refractivity (Wildman–Crippen MR) is 100 cm³/mol. The van der Waals surface area contributed by atoms with Crippen molar-refractivity contribution in [2.24, 2.45) is 5.41 Å². The molecule has 1 aliphatic heterocycles. The Balaban J connectivity index is 2.00. The van der Waals surface area contributed by atoms with Crippen LogP contribution in [0.1, 0.15) is 51.2 Å². The van der Waals surface area contributed by atoms with E-state index in [9.17, 15) is 20.1 Å². The SMILES string of the molecule is CCC[C@]1(C(=O)O)CCN(Cc2ccc(C#CC(C)(C)O)cc2)C[C@@H]1O. The minimum absolute atomic E-state index is 0.368. The number of rotatable bonds is 5. The molecule has 0 amide bonds. The summed E-state index contributed by atoms with van der Waals surface area (Å²) in [5, 5.41) is 29.7. The number of carboxylic acids is 1. The second-order valence-electron chi connectivity index (χ2n) is 7.72. The summed E-state index contributed by atoms with van der Waals surface area (Å²) >= 11 is 0. The minimum Gasteiger partial charge on any atom is -0.481 e. The fourth-order valence-corrected chi connectivity index (χ4v) is 3.45. The summed E-state index contributed by atoms with van der Waals surface area (Å²) < 4.78 is 0. The molecular weight excluding hydrogens is 330 g/mol. The third-order valence-corrected chi connectivity index (χ3v) is 4.94. The lowest BCUT2D eigenvalue weighted by atomic mass is 9.73. The molecule has 5 heteroatoms. The van der Waals surface area contributed by atoms with E-state index in [4.69, 9.17) is 0 Å². The van der Waals surface area contributed by atoms with Crippen LogP contribution >= 0.6 is 0 Å². The van der Waals surface area contributed by atoms with E-state index in [0.29, 0.717) is 32.5 Å². The van der Waals surface area contributed by atoms with Gasteiger partial charge in [0.15, 0.2) is 0 Å². The molecule has 2 rings (SSSR count). The molecule has 1 aromatic carbocycles. The largest absolute Gasteiger partial charge is 0.481 e. The Morgan fingerprint density at radius 1 is 1.35 bits per heavy atom. The van der Waals surface area contributed by atoms with E-state index in [1.54, 1.807) is 13.8 Å². The predicted octanol–water partition coefficient (Wildman–Crippen LogP) is 2.25. The zero-order valence-electron chi connectivity index (χ0n) is 15.8. The summed E-state index contributed by atoms with van der Waals surface area (Å²) in [6.07, 6.45) is 0.861. The van der Waals surface area contributed by atoms with Crippen molar-refractivity contribution in [2.75, 3.05) is 13.1 Å². The number of piperidine rings is 1. The van der Waals surface area contributed by atoms with Crippen molar-refractivity contribution in [3.8, 4) is 11.8 Å². The second kappa shape index (κ2) is 8.22. The molecule has 2 atom stereocenters. The summed E-state index contributed by atoms with van der Waals surface area (Å²) in [7, 11) is 0. The van der Waals surface area contributed by atoms with Crippen LogP contribution in [0, 0.1) is 17.3 Å². The molecule has 0 aliphatic carbocycles. The quantitative estimate of drug-likeness (QED) is 0.703. The monoisotopic (exact) mass is 359 g/mol. The number of likely N-dealkylation sites (tertiary alicyclic amines) is 1. The van der Waals surface area contributed by atoms with Gasteiger partial charge in [-0.3, -0.25) is 9.69 Å². The van der Waals surface area contributed by atoms with Gasteiger partial charge in [0, 0.05) is 18.7 Å². The molecule has 1 saturated heterocycles.